The molecule has 1 aromatic carbocycles. The van der Waals surface area contributed by atoms with Crippen molar-refractivity contribution in [3.8, 4) is 5.75 Å². The molecule has 19 heavy (non-hydrogen) atoms. The van der Waals surface area contributed by atoms with Gasteiger partial charge >= 0.3 is 0 Å². The fourth-order valence-electron chi connectivity index (χ4n) is 2.83. The number of hydrogen-bond acceptors (Lipinski definition) is 3. The number of nitrogens with one attached hydrogen (secondary N) is 1. The molecule has 0 bridgehead atoms. The molecule has 1 aliphatic carbocycles. The van der Waals surface area contributed by atoms with E-state index >= 15 is 0 Å². The molecule has 0 heterocycles. The minimum atomic E-state index is -0.904. The van der Waals surface area contributed by atoms with E-state index in [4.69, 9.17) is 4.74 Å². The molecule has 2 rings (SSSR count). The molecule has 0 amide bonds. The molecule has 2 N–H and O–H groups in total. The summed E-state index contributed by atoms with van der Waals surface area (Å²) >= 11 is 0. The van der Waals surface area contributed by atoms with Gasteiger partial charge in [-0.15, -0.1) is 0 Å². The van der Waals surface area contributed by atoms with Crippen molar-refractivity contribution in [2.45, 2.75) is 44.2 Å². The molecule has 3 nitrogen and oxygen atoms in total. The number of halogens is 1. The van der Waals surface area contributed by atoms with Crippen LogP contribution in [0.1, 0.15) is 38.2 Å². The predicted octanol–water partition coefficient (Wildman–Crippen LogP) is 2.57. The van der Waals surface area contributed by atoms with E-state index in [1.807, 2.05) is 0 Å². The van der Waals surface area contributed by atoms with Crippen LogP contribution in [0.15, 0.2) is 18.2 Å². The van der Waals surface area contributed by atoms with E-state index in [0.29, 0.717) is 24.4 Å². The molecular formula is C15H22FNO2. The summed E-state index contributed by atoms with van der Waals surface area (Å²) in [7, 11) is 1.44. The molecule has 0 spiro atoms. The van der Waals surface area contributed by atoms with E-state index in [1.165, 1.54) is 13.2 Å². The molecule has 0 unspecified atom stereocenters. The van der Waals surface area contributed by atoms with E-state index in [2.05, 4.69) is 12.2 Å². The van der Waals surface area contributed by atoms with Crippen LogP contribution in [0, 0.1) is 5.82 Å². The Bertz CT molecular complexity index is 428. The van der Waals surface area contributed by atoms with Crippen molar-refractivity contribution in [3.63, 3.8) is 0 Å². The Morgan fingerprint density at radius 3 is 2.63 bits per heavy atom. The summed E-state index contributed by atoms with van der Waals surface area (Å²) in [5, 5.41) is 14.1. The van der Waals surface area contributed by atoms with Gasteiger partial charge in [-0.2, -0.15) is 0 Å². The van der Waals surface area contributed by atoms with Crippen LogP contribution in [0.5, 0.6) is 5.75 Å². The second-order valence-electron chi connectivity index (χ2n) is 5.21. The van der Waals surface area contributed by atoms with Crippen LogP contribution in [0.2, 0.25) is 0 Å². The maximum atomic E-state index is 13.7. The Morgan fingerprint density at radius 1 is 1.42 bits per heavy atom. The summed E-state index contributed by atoms with van der Waals surface area (Å²) in [6.45, 7) is 3.03. The summed E-state index contributed by atoms with van der Waals surface area (Å²) < 4.78 is 18.6. The van der Waals surface area contributed by atoms with Crippen molar-refractivity contribution in [2.24, 2.45) is 0 Å². The van der Waals surface area contributed by atoms with Gasteiger partial charge in [0, 0.05) is 6.04 Å². The predicted molar refractivity (Wildman–Crippen MR) is 72.8 cm³/mol. The smallest absolute Gasteiger partial charge is 0.165 e. The Kier molecular flexibility index (Phi) is 4.42. The quantitative estimate of drug-likeness (QED) is 0.881. The monoisotopic (exact) mass is 267 g/mol. The molecule has 0 aliphatic heterocycles. The lowest BCUT2D eigenvalue weighted by molar-refractivity contribution is -0.00844. The molecule has 106 valence electrons. The van der Waals surface area contributed by atoms with Crippen molar-refractivity contribution < 1.29 is 14.2 Å². The number of aliphatic hydroxyl groups is 1. The van der Waals surface area contributed by atoms with Crippen molar-refractivity contribution in [1.82, 2.24) is 5.32 Å². The van der Waals surface area contributed by atoms with Crippen LogP contribution in [0.4, 0.5) is 4.39 Å². The summed E-state index contributed by atoms with van der Waals surface area (Å²) in [5.41, 5.74) is -0.250. The average Bonchev–Trinajstić information content (AvgIpc) is 2.42. The molecule has 0 radical (unpaired) electrons. The number of ether oxygens (including phenoxy) is 1. The maximum absolute atomic E-state index is 13.7. The van der Waals surface area contributed by atoms with Gasteiger partial charge in [0.25, 0.3) is 0 Å². The second kappa shape index (κ2) is 5.88. The van der Waals surface area contributed by atoms with Crippen LogP contribution in [-0.2, 0) is 5.60 Å². The summed E-state index contributed by atoms with van der Waals surface area (Å²) in [6.07, 6.45) is 3.16. The van der Waals surface area contributed by atoms with Gasteiger partial charge in [0.1, 0.15) is 0 Å². The van der Waals surface area contributed by atoms with E-state index in [1.54, 1.807) is 12.1 Å². The van der Waals surface area contributed by atoms with Gasteiger partial charge in [-0.3, -0.25) is 0 Å². The molecule has 0 atom stereocenters. The number of benzene rings is 1. The van der Waals surface area contributed by atoms with Gasteiger partial charge < -0.3 is 15.2 Å². The fourth-order valence-corrected chi connectivity index (χ4v) is 2.83. The minimum Gasteiger partial charge on any atom is -0.494 e. The molecule has 0 saturated heterocycles. The molecule has 1 fully saturated rings. The van der Waals surface area contributed by atoms with Crippen molar-refractivity contribution in [3.05, 3.63) is 29.6 Å². The first-order chi connectivity index (χ1) is 9.09. The largest absolute Gasteiger partial charge is 0.494 e. The number of hydrogen-bond donors (Lipinski definition) is 2. The van der Waals surface area contributed by atoms with Gasteiger partial charge in [0.05, 0.1) is 12.7 Å². The maximum Gasteiger partial charge on any atom is 0.165 e. The number of rotatable bonds is 4. The summed E-state index contributed by atoms with van der Waals surface area (Å²) in [5.74, 6) is -0.198. The van der Waals surface area contributed by atoms with Crippen LogP contribution in [-0.4, -0.2) is 24.8 Å². The van der Waals surface area contributed by atoms with Crippen molar-refractivity contribution >= 4 is 0 Å². The first-order valence-corrected chi connectivity index (χ1v) is 6.89. The van der Waals surface area contributed by atoms with Crippen LogP contribution in [0.3, 0.4) is 0 Å². The lowest BCUT2D eigenvalue weighted by Gasteiger charge is -2.36. The Labute approximate surface area is 113 Å². The van der Waals surface area contributed by atoms with Crippen LogP contribution in [0.25, 0.3) is 0 Å². The zero-order valence-electron chi connectivity index (χ0n) is 11.6. The molecule has 1 saturated carbocycles. The van der Waals surface area contributed by atoms with Gasteiger partial charge in [-0.25, -0.2) is 4.39 Å². The first-order valence-electron chi connectivity index (χ1n) is 6.89. The zero-order chi connectivity index (χ0) is 13.9. The highest BCUT2D eigenvalue weighted by Crippen LogP contribution is 2.38. The van der Waals surface area contributed by atoms with Gasteiger partial charge in [0.15, 0.2) is 11.6 Å². The van der Waals surface area contributed by atoms with E-state index in [-0.39, 0.29) is 5.75 Å². The molecule has 1 aromatic rings. The lowest BCUT2D eigenvalue weighted by atomic mass is 9.77. The topological polar surface area (TPSA) is 41.5 Å². The third-order valence-corrected chi connectivity index (χ3v) is 3.99. The summed E-state index contributed by atoms with van der Waals surface area (Å²) in [4.78, 5) is 0. The third kappa shape index (κ3) is 3.07. The highest BCUT2D eigenvalue weighted by molar-refractivity contribution is 5.32. The van der Waals surface area contributed by atoms with E-state index in [0.717, 1.165) is 19.4 Å². The standard InChI is InChI=1S/C15H22FNO2/c1-3-17-12-6-8-15(18,9-7-12)11-4-5-14(19-2)13(16)10-11/h4-5,10,12,17-18H,3,6-9H2,1-2H3. The zero-order valence-corrected chi connectivity index (χ0v) is 11.6. The molecule has 4 heteroatoms. The summed E-state index contributed by atoms with van der Waals surface area (Å²) in [6, 6.07) is 5.20. The van der Waals surface area contributed by atoms with Crippen LogP contribution >= 0.6 is 0 Å². The Balaban J connectivity index is 2.11. The van der Waals surface area contributed by atoms with E-state index in [9.17, 15) is 9.50 Å². The molecule has 0 aromatic heterocycles. The van der Waals surface area contributed by atoms with Gasteiger partial charge in [-0.05, 0) is 49.9 Å². The van der Waals surface area contributed by atoms with Crippen molar-refractivity contribution in [2.75, 3.05) is 13.7 Å². The van der Waals surface area contributed by atoms with E-state index < -0.39 is 11.4 Å². The fraction of sp³-hybridized carbons (Fsp3) is 0.600. The Morgan fingerprint density at radius 2 is 2.11 bits per heavy atom. The highest BCUT2D eigenvalue weighted by Gasteiger charge is 2.35. The van der Waals surface area contributed by atoms with Crippen LogP contribution < -0.4 is 10.1 Å². The minimum absolute atomic E-state index is 0.216. The number of methoxy groups -OCH3 is 1. The lowest BCUT2D eigenvalue weighted by Crippen LogP contribution is -2.39. The van der Waals surface area contributed by atoms with Gasteiger partial charge in [-0.1, -0.05) is 13.0 Å². The highest BCUT2D eigenvalue weighted by atomic mass is 19.1. The average molecular weight is 267 g/mol. The molecule has 1 aliphatic rings. The van der Waals surface area contributed by atoms with Gasteiger partial charge in [0.2, 0.25) is 0 Å². The SMILES string of the molecule is CCNC1CCC(O)(c2ccc(OC)c(F)c2)CC1. The second-order valence-corrected chi connectivity index (χ2v) is 5.21. The first kappa shape index (κ1) is 14.3. The van der Waals surface area contributed by atoms with Crippen molar-refractivity contribution in [1.29, 1.82) is 0 Å². The molecular weight excluding hydrogens is 245 g/mol. The Hall–Kier alpha value is -1.13. The third-order valence-electron chi connectivity index (χ3n) is 3.99. The normalized spacial score (nSPS) is 27.3.